The Morgan fingerprint density at radius 3 is 2.64 bits per heavy atom. The number of fused-ring (bicyclic) bond motifs is 2. The van der Waals surface area contributed by atoms with Gasteiger partial charge in [0.15, 0.2) is 11.5 Å². The van der Waals surface area contributed by atoms with Crippen molar-refractivity contribution in [2.75, 3.05) is 13.2 Å². The van der Waals surface area contributed by atoms with Gasteiger partial charge in [0.2, 0.25) is 0 Å². The van der Waals surface area contributed by atoms with E-state index in [1.807, 2.05) is 6.07 Å². The Hall–Kier alpha value is -2.04. The van der Waals surface area contributed by atoms with Crippen LogP contribution in [0.1, 0.15) is 35.2 Å². The van der Waals surface area contributed by atoms with Crippen molar-refractivity contribution in [3.63, 3.8) is 0 Å². The molecular weight excluding hydrogens is 276 g/mol. The van der Waals surface area contributed by atoms with Crippen molar-refractivity contribution in [1.29, 1.82) is 0 Å². The summed E-state index contributed by atoms with van der Waals surface area (Å²) in [7, 11) is 0. The Morgan fingerprint density at radius 1 is 1.00 bits per heavy atom. The lowest BCUT2D eigenvalue weighted by Crippen LogP contribution is -2.20. The van der Waals surface area contributed by atoms with E-state index in [1.165, 1.54) is 16.7 Å². The van der Waals surface area contributed by atoms with E-state index in [1.54, 1.807) is 0 Å². The standard InChI is InChI=1S/C18H20N2O2/c19-15-10-16(14-4-2-1-3-13(14)15)20-11-12-5-6-17-18(9-12)22-8-7-21-17/h1-6,9,15-16,20H,7-8,10-11,19H2. The van der Waals surface area contributed by atoms with Gasteiger partial charge in [0.1, 0.15) is 13.2 Å². The first-order valence-electron chi connectivity index (χ1n) is 7.77. The number of benzene rings is 2. The van der Waals surface area contributed by atoms with Gasteiger partial charge in [-0.3, -0.25) is 0 Å². The summed E-state index contributed by atoms with van der Waals surface area (Å²) in [6.07, 6.45) is 0.948. The molecule has 2 aromatic rings. The van der Waals surface area contributed by atoms with Gasteiger partial charge in [0.05, 0.1) is 0 Å². The maximum Gasteiger partial charge on any atom is 0.161 e. The molecule has 0 fully saturated rings. The van der Waals surface area contributed by atoms with Crippen LogP contribution in [0.5, 0.6) is 11.5 Å². The molecule has 1 aliphatic heterocycles. The van der Waals surface area contributed by atoms with Gasteiger partial charge in [0, 0.05) is 18.6 Å². The molecule has 0 amide bonds. The molecule has 114 valence electrons. The van der Waals surface area contributed by atoms with Crippen LogP contribution >= 0.6 is 0 Å². The van der Waals surface area contributed by atoms with Crippen LogP contribution in [-0.4, -0.2) is 13.2 Å². The van der Waals surface area contributed by atoms with Crippen LogP contribution in [0, 0.1) is 0 Å². The molecule has 1 aliphatic carbocycles. The van der Waals surface area contributed by atoms with E-state index in [4.69, 9.17) is 15.2 Å². The highest BCUT2D eigenvalue weighted by Gasteiger charge is 2.27. The van der Waals surface area contributed by atoms with Crippen LogP contribution in [0.4, 0.5) is 0 Å². The van der Waals surface area contributed by atoms with Gasteiger partial charge in [-0.15, -0.1) is 0 Å². The molecule has 4 nitrogen and oxygen atoms in total. The third-order valence-electron chi connectivity index (χ3n) is 4.42. The molecule has 2 atom stereocenters. The molecule has 2 aliphatic rings. The summed E-state index contributed by atoms with van der Waals surface area (Å²) in [6, 6.07) is 15.0. The largest absolute Gasteiger partial charge is 0.486 e. The van der Waals surface area contributed by atoms with Crippen molar-refractivity contribution in [2.45, 2.75) is 25.0 Å². The summed E-state index contributed by atoms with van der Waals surface area (Å²) in [5.74, 6) is 1.68. The highest BCUT2D eigenvalue weighted by molar-refractivity contribution is 5.44. The second kappa shape index (κ2) is 5.63. The number of hydrogen-bond acceptors (Lipinski definition) is 4. The van der Waals surface area contributed by atoms with E-state index < -0.39 is 0 Å². The predicted molar refractivity (Wildman–Crippen MR) is 85.0 cm³/mol. The number of nitrogens with two attached hydrogens (primary N) is 1. The Balaban J connectivity index is 1.47. The average Bonchev–Trinajstić information content (AvgIpc) is 2.89. The predicted octanol–water partition coefficient (Wildman–Crippen LogP) is 2.69. The second-order valence-corrected chi connectivity index (χ2v) is 5.88. The summed E-state index contributed by atoms with van der Waals surface area (Å²) in [6.45, 7) is 2.04. The third kappa shape index (κ3) is 2.45. The molecule has 0 bridgehead atoms. The number of ether oxygens (including phenoxy) is 2. The van der Waals surface area contributed by atoms with Gasteiger partial charge >= 0.3 is 0 Å². The van der Waals surface area contributed by atoms with Crippen LogP contribution in [0.15, 0.2) is 42.5 Å². The summed E-state index contributed by atoms with van der Waals surface area (Å²) in [5, 5.41) is 3.61. The zero-order chi connectivity index (χ0) is 14.9. The van der Waals surface area contributed by atoms with Crippen LogP contribution in [0.3, 0.4) is 0 Å². The van der Waals surface area contributed by atoms with Crippen molar-refractivity contribution >= 4 is 0 Å². The van der Waals surface area contributed by atoms with E-state index in [0.29, 0.717) is 19.3 Å². The molecule has 1 heterocycles. The van der Waals surface area contributed by atoms with Gasteiger partial charge in [-0.2, -0.15) is 0 Å². The van der Waals surface area contributed by atoms with Gasteiger partial charge in [0.25, 0.3) is 0 Å². The topological polar surface area (TPSA) is 56.5 Å². The quantitative estimate of drug-likeness (QED) is 0.914. The Labute approximate surface area is 130 Å². The summed E-state index contributed by atoms with van der Waals surface area (Å²) >= 11 is 0. The summed E-state index contributed by atoms with van der Waals surface area (Å²) in [4.78, 5) is 0. The monoisotopic (exact) mass is 296 g/mol. The van der Waals surface area contributed by atoms with Crippen LogP contribution in [-0.2, 0) is 6.54 Å². The molecule has 3 N–H and O–H groups in total. The molecule has 0 radical (unpaired) electrons. The Kier molecular flexibility index (Phi) is 3.48. The van der Waals surface area contributed by atoms with Gasteiger partial charge in [-0.25, -0.2) is 0 Å². The molecule has 0 saturated heterocycles. The highest BCUT2D eigenvalue weighted by atomic mass is 16.6. The van der Waals surface area contributed by atoms with Crippen molar-refractivity contribution < 1.29 is 9.47 Å². The zero-order valence-corrected chi connectivity index (χ0v) is 12.4. The zero-order valence-electron chi connectivity index (χ0n) is 12.4. The molecule has 0 spiro atoms. The Bertz CT molecular complexity index is 687. The molecule has 2 unspecified atom stereocenters. The molecule has 22 heavy (non-hydrogen) atoms. The maximum atomic E-state index is 6.22. The van der Waals surface area contributed by atoms with E-state index >= 15 is 0 Å². The fraction of sp³-hybridized carbons (Fsp3) is 0.333. The highest BCUT2D eigenvalue weighted by Crippen LogP contribution is 2.37. The molecule has 4 heteroatoms. The molecule has 0 saturated carbocycles. The average molecular weight is 296 g/mol. The van der Waals surface area contributed by atoms with Crippen molar-refractivity contribution in [2.24, 2.45) is 5.73 Å². The van der Waals surface area contributed by atoms with E-state index in [0.717, 1.165) is 24.5 Å². The first-order valence-corrected chi connectivity index (χ1v) is 7.77. The SMILES string of the molecule is NC1CC(NCc2ccc3c(c2)OCCO3)c2ccccc21. The Morgan fingerprint density at radius 2 is 1.77 bits per heavy atom. The number of nitrogens with one attached hydrogen (secondary N) is 1. The maximum absolute atomic E-state index is 6.22. The minimum atomic E-state index is 0.133. The van der Waals surface area contributed by atoms with Crippen LogP contribution in [0.25, 0.3) is 0 Å². The minimum Gasteiger partial charge on any atom is -0.486 e. The normalized spacial score (nSPS) is 22.4. The lowest BCUT2D eigenvalue weighted by Gasteiger charge is -2.20. The van der Waals surface area contributed by atoms with Crippen molar-refractivity contribution in [3.8, 4) is 11.5 Å². The van der Waals surface area contributed by atoms with Gasteiger partial charge in [-0.1, -0.05) is 30.3 Å². The van der Waals surface area contributed by atoms with Crippen molar-refractivity contribution in [3.05, 3.63) is 59.2 Å². The third-order valence-corrected chi connectivity index (χ3v) is 4.42. The van der Waals surface area contributed by atoms with Gasteiger partial charge < -0.3 is 20.5 Å². The smallest absolute Gasteiger partial charge is 0.161 e. The van der Waals surface area contributed by atoms with Crippen molar-refractivity contribution in [1.82, 2.24) is 5.32 Å². The fourth-order valence-corrected chi connectivity index (χ4v) is 3.31. The first kappa shape index (κ1) is 13.6. The van der Waals surface area contributed by atoms with E-state index in [9.17, 15) is 0 Å². The first-order chi connectivity index (χ1) is 10.8. The number of hydrogen-bond donors (Lipinski definition) is 2. The lowest BCUT2D eigenvalue weighted by atomic mass is 10.1. The molecule has 2 aromatic carbocycles. The van der Waals surface area contributed by atoms with E-state index in [2.05, 4.69) is 41.7 Å². The fourth-order valence-electron chi connectivity index (χ4n) is 3.31. The lowest BCUT2D eigenvalue weighted by molar-refractivity contribution is 0.171. The van der Waals surface area contributed by atoms with Crippen LogP contribution in [0.2, 0.25) is 0 Å². The second-order valence-electron chi connectivity index (χ2n) is 5.88. The molecule has 4 rings (SSSR count). The van der Waals surface area contributed by atoms with E-state index in [-0.39, 0.29) is 6.04 Å². The number of rotatable bonds is 3. The molecule has 0 aromatic heterocycles. The summed E-state index contributed by atoms with van der Waals surface area (Å²) in [5.41, 5.74) is 10.0. The van der Waals surface area contributed by atoms with Crippen LogP contribution < -0.4 is 20.5 Å². The molecular formula is C18H20N2O2. The minimum absolute atomic E-state index is 0.133. The van der Waals surface area contributed by atoms with Gasteiger partial charge in [-0.05, 0) is 35.2 Å². The summed E-state index contributed by atoms with van der Waals surface area (Å²) < 4.78 is 11.2.